The zero-order chi connectivity index (χ0) is 17.9. The maximum atomic E-state index is 11.5. The quantitative estimate of drug-likeness (QED) is 0.636. The summed E-state index contributed by atoms with van der Waals surface area (Å²) >= 11 is 0. The summed E-state index contributed by atoms with van der Waals surface area (Å²) in [5, 5.41) is 19.5. The van der Waals surface area contributed by atoms with Crippen molar-refractivity contribution in [2.24, 2.45) is 17.6 Å². The van der Waals surface area contributed by atoms with Crippen molar-refractivity contribution in [2.75, 3.05) is 0 Å². The van der Waals surface area contributed by atoms with Crippen LogP contribution in [0.1, 0.15) is 66.6 Å². The largest absolute Gasteiger partial charge is 0.507 e. The number of amides is 1. The van der Waals surface area contributed by atoms with Crippen molar-refractivity contribution < 1.29 is 19.8 Å². The molecule has 0 bridgehead atoms. The van der Waals surface area contributed by atoms with Crippen molar-refractivity contribution >= 4 is 11.9 Å². The van der Waals surface area contributed by atoms with Crippen LogP contribution in [0, 0.1) is 11.8 Å². The third kappa shape index (κ3) is 3.89. The van der Waals surface area contributed by atoms with Gasteiger partial charge in [-0.15, -0.1) is 0 Å². The molecule has 0 saturated carbocycles. The Morgan fingerprint density at radius 1 is 1.29 bits per heavy atom. The number of carboxylic acids is 1. The molecule has 0 aromatic heterocycles. The summed E-state index contributed by atoms with van der Waals surface area (Å²) < 4.78 is 0. The van der Waals surface area contributed by atoms with Gasteiger partial charge in [0.2, 0.25) is 5.91 Å². The predicted octanol–water partition coefficient (Wildman–Crippen LogP) is 3.05. The zero-order valence-corrected chi connectivity index (χ0v) is 14.5. The average molecular weight is 333 g/mol. The van der Waals surface area contributed by atoms with Gasteiger partial charge >= 0.3 is 5.97 Å². The summed E-state index contributed by atoms with van der Waals surface area (Å²) in [6.07, 6.45) is 6.00. The van der Waals surface area contributed by atoms with Crippen LogP contribution in [0.15, 0.2) is 6.07 Å². The molecule has 5 nitrogen and oxygen atoms in total. The fraction of sp³-hybridized carbons (Fsp3) is 0.579. The maximum absolute atomic E-state index is 11.5. The molecular weight excluding hydrogens is 306 g/mol. The standard InChI is InChI=1S/C19H27NO4/c1-3-11(2)6-4-5-7-12-10-16(21)17(19(23)24)15-9-13(18(20)22)8-14(12)15/h10-11,13,21H,3-9H2,1-2H3,(H2,20,22)(H,23,24). The Labute approximate surface area is 142 Å². The molecule has 1 aliphatic carbocycles. The van der Waals surface area contributed by atoms with Crippen LogP contribution in [0.4, 0.5) is 0 Å². The molecule has 24 heavy (non-hydrogen) atoms. The highest BCUT2D eigenvalue weighted by atomic mass is 16.4. The van der Waals surface area contributed by atoms with Gasteiger partial charge in [-0.1, -0.05) is 33.1 Å². The van der Waals surface area contributed by atoms with E-state index in [9.17, 15) is 19.8 Å². The molecule has 1 amide bonds. The first-order chi connectivity index (χ1) is 11.3. The highest BCUT2D eigenvalue weighted by Gasteiger charge is 2.33. The average Bonchev–Trinajstić information content (AvgIpc) is 2.95. The third-order valence-electron chi connectivity index (χ3n) is 5.23. The van der Waals surface area contributed by atoms with Crippen molar-refractivity contribution in [2.45, 2.75) is 58.8 Å². The Morgan fingerprint density at radius 2 is 1.96 bits per heavy atom. The van der Waals surface area contributed by atoms with E-state index in [-0.39, 0.29) is 17.2 Å². The second-order valence-corrected chi connectivity index (χ2v) is 6.96. The number of nitrogens with two attached hydrogens (primary N) is 1. The monoisotopic (exact) mass is 333 g/mol. The van der Waals surface area contributed by atoms with Crippen LogP contribution in [0.2, 0.25) is 0 Å². The number of benzene rings is 1. The highest BCUT2D eigenvalue weighted by molar-refractivity contribution is 5.94. The number of hydrogen-bond donors (Lipinski definition) is 3. The lowest BCUT2D eigenvalue weighted by molar-refractivity contribution is -0.121. The Hall–Kier alpha value is -2.04. The molecule has 2 rings (SSSR count). The molecule has 0 aliphatic heterocycles. The number of rotatable bonds is 8. The number of aromatic carboxylic acids is 1. The van der Waals surface area contributed by atoms with Crippen LogP contribution in [0.25, 0.3) is 0 Å². The van der Waals surface area contributed by atoms with Gasteiger partial charge in [-0.2, -0.15) is 0 Å². The van der Waals surface area contributed by atoms with Gasteiger partial charge in [0.1, 0.15) is 11.3 Å². The molecule has 0 spiro atoms. The number of unbranched alkanes of at least 4 members (excludes halogenated alkanes) is 1. The molecular formula is C19H27NO4. The number of fused-ring (bicyclic) bond motifs is 1. The molecule has 2 unspecified atom stereocenters. The van der Waals surface area contributed by atoms with Gasteiger partial charge in [-0.25, -0.2) is 4.79 Å². The Balaban J connectivity index is 2.21. The molecule has 132 valence electrons. The van der Waals surface area contributed by atoms with Crippen LogP contribution in [-0.2, 0) is 24.1 Å². The van der Waals surface area contributed by atoms with Gasteiger partial charge in [0.05, 0.1) is 0 Å². The molecule has 1 aliphatic rings. The first-order valence-electron chi connectivity index (χ1n) is 8.74. The normalized spacial score (nSPS) is 17.5. The zero-order valence-electron chi connectivity index (χ0n) is 14.5. The molecule has 0 radical (unpaired) electrons. The van der Waals surface area contributed by atoms with E-state index < -0.39 is 11.9 Å². The van der Waals surface area contributed by atoms with Crippen LogP contribution < -0.4 is 5.73 Å². The summed E-state index contributed by atoms with van der Waals surface area (Å²) in [6.45, 7) is 4.42. The molecule has 1 aromatic carbocycles. The number of carboxylic acid groups (broad SMARTS) is 1. The number of aromatic hydroxyl groups is 1. The number of hydrogen-bond acceptors (Lipinski definition) is 3. The maximum Gasteiger partial charge on any atom is 0.339 e. The van der Waals surface area contributed by atoms with E-state index >= 15 is 0 Å². The summed E-state index contributed by atoms with van der Waals surface area (Å²) in [5.74, 6) is -1.44. The molecule has 5 heteroatoms. The van der Waals surface area contributed by atoms with Crippen molar-refractivity contribution in [3.8, 4) is 5.75 Å². The first-order valence-corrected chi connectivity index (χ1v) is 8.74. The molecule has 0 heterocycles. The lowest BCUT2D eigenvalue weighted by Gasteiger charge is -2.13. The second-order valence-electron chi connectivity index (χ2n) is 6.96. The Kier molecular flexibility index (Phi) is 5.86. The van der Waals surface area contributed by atoms with E-state index in [0.717, 1.165) is 30.4 Å². The topological polar surface area (TPSA) is 101 Å². The minimum atomic E-state index is -1.16. The minimum Gasteiger partial charge on any atom is -0.507 e. The number of carbonyl (C=O) groups excluding carboxylic acids is 1. The van der Waals surface area contributed by atoms with Gasteiger partial charge in [0, 0.05) is 5.92 Å². The van der Waals surface area contributed by atoms with E-state index in [1.54, 1.807) is 6.07 Å². The van der Waals surface area contributed by atoms with Crippen LogP contribution >= 0.6 is 0 Å². The summed E-state index contributed by atoms with van der Waals surface area (Å²) in [4.78, 5) is 23.0. The van der Waals surface area contributed by atoms with E-state index in [0.29, 0.717) is 24.3 Å². The smallest absolute Gasteiger partial charge is 0.339 e. The predicted molar refractivity (Wildman–Crippen MR) is 92.2 cm³/mol. The molecule has 0 saturated heterocycles. The van der Waals surface area contributed by atoms with Crippen molar-refractivity contribution in [3.63, 3.8) is 0 Å². The number of primary amides is 1. The van der Waals surface area contributed by atoms with Gasteiger partial charge in [0.15, 0.2) is 0 Å². The van der Waals surface area contributed by atoms with E-state index in [2.05, 4.69) is 13.8 Å². The molecule has 0 fully saturated rings. The SMILES string of the molecule is CCC(C)CCCCc1cc(O)c(C(=O)O)c2c1CC(C(N)=O)C2. The van der Waals surface area contributed by atoms with E-state index in [1.165, 1.54) is 12.8 Å². The van der Waals surface area contributed by atoms with Crippen LogP contribution in [-0.4, -0.2) is 22.1 Å². The number of carbonyl (C=O) groups is 2. The van der Waals surface area contributed by atoms with Crippen LogP contribution in [0.3, 0.4) is 0 Å². The lowest BCUT2D eigenvalue weighted by atomic mass is 9.93. The van der Waals surface area contributed by atoms with E-state index in [1.807, 2.05) is 0 Å². The van der Waals surface area contributed by atoms with Gasteiger partial charge < -0.3 is 15.9 Å². The highest BCUT2D eigenvalue weighted by Crippen LogP contribution is 2.37. The van der Waals surface area contributed by atoms with Crippen LogP contribution in [0.5, 0.6) is 5.75 Å². The number of aryl methyl sites for hydroxylation is 1. The number of phenols is 1. The lowest BCUT2D eigenvalue weighted by Crippen LogP contribution is -2.23. The van der Waals surface area contributed by atoms with Crippen molar-refractivity contribution in [1.29, 1.82) is 0 Å². The second kappa shape index (κ2) is 7.69. The minimum absolute atomic E-state index is 0.0721. The van der Waals surface area contributed by atoms with Crippen molar-refractivity contribution in [3.05, 3.63) is 28.3 Å². The molecule has 4 N–H and O–H groups in total. The summed E-state index contributed by atoms with van der Waals surface area (Å²) in [6, 6.07) is 1.56. The van der Waals surface area contributed by atoms with E-state index in [4.69, 9.17) is 5.73 Å². The first kappa shape index (κ1) is 18.3. The van der Waals surface area contributed by atoms with Gasteiger partial charge in [-0.3, -0.25) is 4.79 Å². The third-order valence-corrected chi connectivity index (χ3v) is 5.23. The van der Waals surface area contributed by atoms with Gasteiger partial charge in [-0.05, 0) is 54.4 Å². The fourth-order valence-electron chi connectivity index (χ4n) is 3.54. The Bertz CT molecular complexity index is 639. The Morgan fingerprint density at radius 3 is 2.54 bits per heavy atom. The van der Waals surface area contributed by atoms with Gasteiger partial charge in [0.25, 0.3) is 0 Å². The summed E-state index contributed by atoms with van der Waals surface area (Å²) in [5.41, 5.74) is 7.79. The molecule has 2 atom stereocenters. The van der Waals surface area contributed by atoms with Crippen molar-refractivity contribution in [1.82, 2.24) is 0 Å². The molecule has 1 aromatic rings. The summed E-state index contributed by atoms with van der Waals surface area (Å²) in [7, 11) is 0. The fourth-order valence-corrected chi connectivity index (χ4v) is 3.54.